The van der Waals surface area contributed by atoms with Crippen LogP contribution in [0.5, 0.6) is 0 Å². The molecular formula is C16H18ClNO2S. The monoisotopic (exact) mass is 323 g/mol. The predicted octanol–water partition coefficient (Wildman–Crippen LogP) is 3.81. The Kier molecular flexibility index (Phi) is 5.39. The van der Waals surface area contributed by atoms with Crippen molar-refractivity contribution in [3.05, 3.63) is 65.2 Å². The number of nitrogens with one attached hydrogen (secondary N) is 1. The molecule has 0 fully saturated rings. The number of rotatable bonds is 6. The van der Waals surface area contributed by atoms with Crippen molar-refractivity contribution in [2.24, 2.45) is 0 Å². The number of hydrogen-bond donors (Lipinski definition) is 1. The standard InChI is InChI=1S/C16H18ClNO2S/c1-2-13(14-6-4-3-5-7-14)12-18-21(19,20)16-10-8-15(17)9-11-16/h3-11,13,18H,2,12H2,1H3. The van der Waals surface area contributed by atoms with Gasteiger partial charge < -0.3 is 0 Å². The van der Waals surface area contributed by atoms with Gasteiger partial charge >= 0.3 is 0 Å². The molecule has 0 saturated carbocycles. The SMILES string of the molecule is CCC(CNS(=O)(=O)c1ccc(Cl)cc1)c1ccccc1. The first-order valence-corrected chi connectivity index (χ1v) is 8.69. The van der Waals surface area contributed by atoms with E-state index in [0.29, 0.717) is 11.6 Å². The zero-order valence-electron chi connectivity index (χ0n) is 11.8. The molecule has 2 aromatic carbocycles. The van der Waals surface area contributed by atoms with Gasteiger partial charge in [-0.15, -0.1) is 0 Å². The molecule has 0 spiro atoms. The summed E-state index contributed by atoms with van der Waals surface area (Å²) >= 11 is 5.78. The second-order valence-electron chi connectivity index (χ2n) is 4.82. The highest BCUT2D eigenvalue weighted by Gasteiger charge is 2.17. The van der Waals surface area contributed by atoms with Gasteiger partial charge in [0, 0.05) is 11.6 Å². The van der Waals surface area contributed by atoms with Gasteiger partial charge in [0.15, 0.2) is 0 Å². The summed E-state index contributed by atoms with van der Waals surface area (Å²) in [6.45, 7) is 2.43. The molecule has 3 nitrogen and oxygen atoms in total. The van der Waals surface area contributed by atoms with Crippen LogP contribution in [0.1, 0.15) is 24.8 Å². The third-order valence-electron chi connectivity index (χ3n) is 3.41. The van der Waals surface area contributed by atoms with E-state index in [4.69, 9.17) is 11.6 Å². The van der Waals surface area contributed by atoms with E-state index in [1.165, 1.54) is 12.1 Å². The van der Waals surface area contributed by atoms with Crippen molar-refractivity contribution in [1.82, 2.24) is 4.72 Å². The lowest BCUT2D eigenvalue weighted by atomic mass is 9.97. The Morgan fingerprint density at radius 2 is 1.67 bits per heavy atom. The van der Waals surface area contributed by atoms with Crippen LogP contribution in [0.15, 0.2) is 59.5 Å². The van der Waals surface area contributed by atoms with E-state index in [2.05, 4.69) is 4.72 Å². The van der Waals surface area contributed by atoms with Gasteiger partial charge in [0.1, 0.15) is 0 Å². The van der Waals surface area contributed by atoms with Crippen molar-refractivity contribution in [2.45, 2.75) is 24.2 Å². The van der Waals surface area contributed by atoms with Crippen molar-refractivity contribution < 1.29 is 8.42 Å². The summed E-state index contributed by atoms with van der Waals surface area (Å²) in [4.78, 5) is 0.231. The van der Waals surface area contributed by atoms with Crippen LogP contribution in [0.4, 0.5) is 0 Å². The maximum absolute atomic E-state index is 12.2. The molecule has 0 aliphatic heterocycles. The Labute approximate surface area is 131 Å². The van der Waals surface area contributed by atoms with Crippen LogP contribution in [-0.2, 0) is 10.0 Å². The van der Waals surface area contributed by atoms with Crippen molar-refractivity contribution in [1.29, 1.82) is 0 Å². The quantitative estimate of drug-likeness (QED) is 0.878. The number of benzene rings is 2. The maximum atomic E-state index is 12.2. The van der Waals surface area contributed by atoms with Crippen LogP contribution < -0.4 is 4.72 Å². The lowest BCUT2D eigenvalue weighted by Crippen LogP contribution is -2.28. The van der Waals surface area contributed by atoms with E-state index in [0.717, 1.165) is 12.0 Å². The molecule has 2 aromatic rings. The van der Waals surface area contributed by atoms with Crippen molar-refractivity contribution in [2.75, 3.05) is 6.54 Å². The lowest BCUT2D eigenvalue weighted by Gasteiger charge is -2.16. The largest absolute Gasteiger partial charge is 0.240 e. The first kappa shape index (κ1) is 16.0. The topological polar surface area (TPSA) is 46.2 Å². The van der Waals surface area contributed by atoms with Crippen molar-refractivity contribution >= 4 is 21.6 Å². The number of halogens is 1. The Balaban J connectivity index is 2.08. The van der Waals surface area contributed by atoms with Gasteiger partial charge in [-0.2, -0.15) is 0 Å². The Bertz CT molecular complexity index is 669. The summed E-state index contributed by atoms with van der Waals surface area (Å²) in [5.41, 5.74) is 1.14. The highest BCUT2D eigenvalue weighted by Crippen LogP contribution is 2.19. The molecule has 0 aliphatic carbocycles. The zero-order valence-corrected chi connectivity index (χ0v) is 13.4. The minimum absolute atomic E-state index is 0.160. The van der Waals surface area contributed by atoms with Crippen LogP contribution in [0, 0.1) is 0 Å². The van der Waals surface area contributed by atoms with Crippen molar-refractivity contribution in [3.63, 3.8) is 0 Å². The second kappa shape index (κ2) is 7.07. The summed E-state index contributed by atoms with van der Waals surface area (Å²) in [5, 5.41) is 0.518. The van der Waals surface area contributed by atoms with Gasteiger partial charge in [-0.05, 0) is 42.2 Å². The molecule has 0 aliphatic rings. The van der Waals surface area contributed by atoms with Crippen LogP contribution in [0.3, 0.4) is 0 Å². The molecule has 112 valence electrons. The third kappa shape index (κ3) is 4.30. The van der Waals surface area contributed by atoms with Gasteiger partial charge in [-0.25, -0.2) is 13.1 Å². The second-order valence-corrected chi connectivity index (χ2v) is 7.03. The van der Waals surface area contributed by atoms with Crippen molar-refractivity contribution in [3.8, 4) is 0 Å². The van der Waals surface area contributed by atoms with E-state index >= 15 is 0 Å². The zero-order chi connectivity index (χ0) is 15.3. The van der Waals surface area contributed by atoms with Gasteiger partial charge in [0.2, 0.25) is 10.0 Å². The summed E-state index contributed by atoms with van der Waals surface area (Å²) in [6, 6.07) is 16.1. The van der Waals surface area contributed by atoms with Crippen LogP contribution >= 0.6 is 11.6 Å². The van der Waals surface area contributed by atoms with E-state index in [-0.39, 0.29) is 10.8 Å². The molecule has 5 heteroatoms. The lowest BCUT2D eigenvalue weighted by molar-refractivity contribution is 0.566. The Hall–Kier alpha value is -1.36. The highest BCUT2D eigenvalue weighted by molar-refractivity contribution is 7.89. The van der Waals surface area contributed by atoms with Gasteiger partial charge in [-0.1, -0.05) is 48.9 Å². The first-order chi connectivity index (χ1) is 10.0. The minimum atomic E-state index is -3.50. The number of sulfonamides is 1. The molecule has 0 bridgehead atoms. The van der Waals surface area contributed by atoms with Gasteiger partial charge in [-0.3, -0.25) is 0 Å². The molecule has 0 aromatic heterocycles. The van der Waals surface area contributed by atoms with Gasteiger partial charge in [0.05, 0.1) is 4.90 Å². The minimum Gasteiger partial charge on any atom is -0.211 e. The predicted molar refractivity (Wildman–Crippen MR) is 86.1 cm³/mol. The average Bonchev–Trinajstić information content (AvgIpc) is 2.49. The van der Waals surface area contributed by atoms with Crippen LogP contribution in [-0.4, -0.2) is 15.0 Å². The first-order valence-electron chi connectivity index (χ1n) is 6.83. The molecule has 0 heterocycles. The highest BCUT2D eigenvalue weighted by atomic mass is 35.5. The molecule has 1 N–H and O–H groups in total. The molecule has 2 rings (SSSR count). The van der Waals surface area contributed by atoms with E-state index in [1.807, 2.05) is 37.3 Å². The molecule has 21 heavy (non-hydrogen) atoms. The number of hydrogen-bond acceptors (Lipinski definition) is 2. The molecular weight excluding hydrogens is 306 g/mol. The summed E-state index contributed by atoms with van der Waals surface area (Å²) in [6.07, 6.45) is 0.868. The summed E-state index contributed by atoms with van der Waals surface area (Å²) in [7, 11) is -3.50. The third-order valence-corrected chi connectivity index (χ3v) is 5.10. The van der Waals surface area contributed by atoms with Crippen LogP contribution in [0.25, 0.3) is 0 Å². The Morgan fingerprint density at radius 1 is 1.05 bits per heavy atom. The van der Waals surface area contributed by atoms with E-state index < -0.39 is 10.0 Å². The summed E-state index contributed by atoms with van der Waals surface area (Å²) in [5.74, 6) is 0.160. The molecule has 0 radical (unpaired) electrons. The van der Waals surface area contributed by atoms with Crippen LogP contribution in [0.2, 0.25) is 5.02 Å². The average molecular weight is 324 g/mol. The van der Waals surface area contributed by atoms with E-state index in [9.17, 15) is 8.42 Å². The fraction of sp³-hybridized carbons (Fsp3) is 0.250. The fourth-order valence-electron chi connectivity index (χ4n) is 2.13. The molecule has 0 saturated heterocycles. The Morgan fingerprint density at radius 3 is 2.24 bits per heavy atom. The molecule has 0 amide bonds. The molecule has 1 unspecified atom stereocenters. The smallest absolute Gasteiger partial charge is 0.211 e. The van der Waals surface area contributed by atoms with Gasteiger partial charge in [0.25, 0.3) is 0 Å². The normalized spacial score (nSPS) is 13.0. The van der Waals surface area contributed by atoms with E-state index in [1.54, 1.807) is 12.1 Å². The molecule has 1 atom stereocenters. The summed E-state index contributed by atoms with van der Waals surface area (Å²) < 4.78 is 27.2. The maximum Gasteiger partial charge on any atom is 0.240 e. The fourth-order valence-corrected chi connectivity index (χ4v) is 3.34.